The van der Waals surface area contributed by atoms with Crippen molar-refractivity contribution in [2.24, 2.45) is 5.92 Å². The number of rotatable bonds is 8. The molecule has 22 heavy (non-hydrogen) atoms. The van der Waals surface area contributed by atoms with Crippen molar-refractivity contribution < 1.29 is 23.9 Å². The number of hydrogen-bond donors (Lipinski definition) is 1. The first-order valence-corrected chi connectivity index (χ1v) is 7.04. The Hall–Kier alpha value is -1.92. The van der Waals surface area contributed by atoms with E-state index in [9.17, 15) is 9.59 Å². The van der Waals surface area contributed by atoms with Crippen LogP contribution in [0.4, 0.5) is 0 Å². The Kier molecular flexibility index (Phi) is 7.01. The van der Waals surface area contributed by atoms with Crippen molar-refractivity contribution in [2.75, 3.05) is 14.2 Å². The first-order chi connectivity index (χ1) is 10.5. The Labute approximate surface area is 130 Å². The van der Waals surface area contributed by atoms with Crippen LogP contribution in [0.1, 0.15) is 25.8 Å². The van der Waals surface area contributed by atoms with Gasteiger partial charge in [0.15, 0.2) is 5.54 Å². The molecule has 1 atom stereocenters. The minimum Gasteiger partial charge on any atom is -0.469 e. The molecule has 0 heterocycles. The number of methoxy groups -OCH3 is 2. The summed E-state index contributed by atoms with van der Waals surface area (Å²) in [4.78, 5) is 29.3. The van der Waals surface area contributed by atoms with Gasteiger partial charge >= 0.3 is 11.9 Å². The van der Waals surface area contributed by atoms with Crippen LogP contribution in [0.15, 0.2) is 30.3 Å². The minimum absolute atomic E-state index is 0.178. The van der Waals surface area contributed by atoms with E-state index in [1.165, 1.54) is 14.2 Å². The molecule has 0 fully saturated rings. The van der Waals surface area contributed by atoms with E-state index in [1.807, 2.05) is 30.3 Å². The molecule has 0 spiro atoms. The zero-order chi connectivity index (χ0) is 16.6. The van der Waals surface area contributed by atoms with Gasteiger partial charge in [-0.1, -0.05) is 44.2 Å². The fourth-order valence-corrected chi connectivity index (χ4v) is 2.01. The molecule has 1 N–H and O–H groups in total. The molecule has 0 amide bonds. The SMILES string of the molecule is COC(=O)CC(NOCc1ccccc1)(C(=O)OC)C(C)C. The molecule has 0 saturated heterocycles. The number of ether oxygens (including phenoxy) is 2. The van der Waals surface area contributed by atoms with Gasteiger partial charge in [-0.05, 0) is 11.5 Å². The van der Waals surface area contributed by atoms with Crippen molar-refractivity contribution >= 4 is 11.9 Å². The Morgan fingerprint density at radius 1 is 1.14 bits per heavy atom. The molecular weight excluding hydrogens is 286 g/mol. The topological polar surface area (TPSA) is 73.9 Å². The fraction of sp³-hybridized carbons (Fsp3) is 0.500. The molecule has 0 aliphatic heterocycles. The van der Waals surface area contributed by atoms with Crippen LogP contribution < -0.4 is 5.48 Å². The predicted molar refractivity (Wildman–Crippen MR) is 80.6 cm³/mol. The zero-order valence-corrected chi connectivity index (χ0v) is 13.4. The summed E-state index contributed by atoms with van der Waals surface area (Å²) in [5.41, 5.74) is 2.37. The van der Waals surface area contributed by atoms with Crippen molar-refractivity contribution in [3.05, 3.63) is 35.9 Å². The van der Waals surface area contributed by atoms with Crippen LogP contribution in [0, 0.1) is 5.92 Å². The lowest BCUT2D eigenvalue weighted by Gasteiger charge is -2.34. The second-order valence-electron chi connectivity index (χ2n) is 5.25. The molecule has 1 aromatic rings. The van der Waals surface area contributed by atoms with Crippen molar-refractivity contribution in [3.63, 3.8) is 0 Å². The van der Waals surface area contributed by atoms with E-state index in [-0.39, 0.29) is 18.9 Å². The molecule has 0 bridgehead atoms. The van der Waals surface area contributed by atoms with Crippen LogP contribution in [-0.2, 0) is 30.5 Å². The maximum absolute atomic E-state index is 12.2. The van der Waals surface area contributed by atoms with Crippen molar-refractivity contribution in [1.82, 2.24) is 5.48 Å². The molecule has 6 heteroatoms. The Balaban J connectivity index is 2.84. The van der Waals surface area contributed by atoms with Crippen LogP contribution >= 0.6 is 0 Å². The second kappa shape index (κ2) is 8.51. The number of hydrogen-bond acceptors (Lipinski definition) is 6. The van der Waals surface area contributed by atoms with Crippen LogP contribution in [0.5, 0.6) is 0 Å². The van der Waals surface area contributed by atoms with Gasteiger partial charge < -0.3 is 9.47 Å². The van der Waals surface area contributed by atoms with E-state index in [0.717, 1.165) is 5.56 Å². The van der Waals surface area contributed by atoms with E-state index < -0.39 is 17.5 Å². The maximum Gasteiger partial charge on any atom is 0.329 e. The van der Waals surface area contributed by atoms with Gasteiger partial charge in [0, 0.05) is 0 Å². The molecular formula is C16H23NO5. The molecule has 6 nitrogen and oxygen atoms in total. The Morgan fingerprint density at radius 2 is 1.77 bits per heavy atom. The highest BCUT2D eigenvalue weighted by atomic mass is 16.7. The van der Waals surface area contributed by atoms with Gasteiger partial charge in [-0.2, -0.15) is 5.48 Å². The molecule has 122 valence electrons. The highest BCUT2D eigenvalue weighted by Crippen LogP contribution is 2.24. The van der Waals surface area contributed by atoms with Gasteiger partial charge in [0.2, 0.25) is 0 Å². The van der Waals surface area contributed by atoms with E-state index in [0.29, 0.717) is 0 Å². The van der Waals surface area contributed by atoms with E-state index in [4.69, 9.17) is 9.57 Å². The molecule has 0 aliphatic rings. The molecule has 1 unspecified atom stereocenters. The summed E-state index contributed by atoms with van der Waals surface area (Å²) in [7, 11) is 2.55. The number of esters is 2. The van der Waals surface area contributed by atoms with Crippen molar-refractivity contribution in [3.8, 4) is 0 Å². The minimum atomic E-state index is -1.30. The lowest BCUT2D eigenvalue weighted by molar-refractivity contribution is -0.168. The first kappa shape index (κ1) is 18.1. The smallest absolute Gasteiger partial charge is 0.329 e. The quantitative estimate of drug-likeness (QED) is 0.583. The molecule has 1 rings (SSSR count). The van der Waals surface area contributed by atoms with Gasteiger partial charge in [0.05, 0.1) is 27.2 Å². The molecule has 0 saturated carbocycles. The fourth-order valence-electron chi connectivity index (χ4n) is 2.01. The van der Waals surface area contributed by atoms with Crippen LogP contribution in [0.25, 0.3) is 0 Å². The van der Waals surface area contributed by atoms with Gasteiger partial charge in [0.25, 0.3) is 0 Å². The van der Waals surface area contributed by atoms with Gasteiger partial charge in [-0.3, -0.25) is 9.63 Å². The predicted octanol–water partition coefficient (Wildman–Crippen LogP) is 1.84. The summed E-state index contributed by atoms with van der Waals surface area (Å²) in [6.07, 6.45) is -0.178. The average Bonchev–Trinajstić information content (AvgIpc) is 2.53. The van der Waals surface area contributed by atoms with Crippen LogP contribution in [0.3, 0.4) is 0 Å². The monoisotopic (exact) mass is 309 g/mol. The van der Waals surface area contributed by atoms with Gasteiger partial charge in [0.1, 0.15) is 0 Å². The highest BCUT2D eigenvalue weighted by molar-refractivity contribution is 5.87. The molecule has 1 aromatic carbocycles. The van der Waals surface area contributed by atoms with Gasteiger partial charge in [-0.25, -0.2) is 4.79 Å². The highest BCUT2D eigenvalue weighted by Gasteiger charge is 2.45. The maximum atomic E-state index is 12.2. The zero-order valence-electron chi connectivity index (χ0n) is 13.4. The third kappa shape index (κ3) is 4.54. The number of benzene rings is 1. The Bertz CT molecular complexity index is 489. The summed E-state index contributed by atoms with van der Waals surface area (Å²) < 4.78 is 9.51. The third-order valence-corrected chi connectivity index (χ3v) is 3.52. The molecule has 0 aromatic heterocycles. The third-order valence-electron chi connectivity index (χ3n) is 3.52. The standard InChI is InChI=1S/C16H23NO5/c1-12(2)16(15(19)21-4,10-14(18)20-3)17-22-11-13-8-6-5-7-9-13/h5-9,12,17H,10-11H2,1-4H3. The van der Waals surface area contributed by atoms with Crippen molar-refractivity contribution in [1.29, 1.82) is 0 Å². The van der Waals surface area contributed by atoms with E-state index in [1.54, 1.807) is 13.8 Å². The number of hydroxylamine groups is 1. The summed E-state index contributed by atoms with van der Waals surface area (Å²) >= 11 is 0. The van der Waals surface area contributed by atoms with Crippen LogP contribution in [0.2, 0.25) is 0 Å². The van der Waals surface area contributed by atoms with E-state index >= 15 is 0 Å². The first-order valence-electron chi connectivity index (χ1n) is 7.04. The lowest BCUT2D eigenvalue weighted by Crippen LogP contribution is -2.57. The van der Waals surface area contributed by atoms with E-state index in [2.05, 4.69) is 10.2 Å². The Morgan fingerprint density at radius 3 is 2.27 bits per heavy atom. The number of carbonyl (C=O) groups excluding carboxylic acids is 2. The molecule has 0 aliphatic carbocycles. The van der Waals surface area contributed by atoms with Crippen LogP contribution in [-0.4, -0.2) is 31.7 Å². The summed E-state index contributed by atoms with van der Waals surface area (Å²) in [5, 5.41) is 0. The number of nitrogens with one attached hydrogen (secondary N) is 1. The lowest BCUT2D eigenvalue weighted by atomic mass is 9.84. The normalized spacial score (nSPS) is 13.5. The van der Waals surface area contributed by atoms with Crippen molar-refractivity contribution in [2.45, 2.75) is 32.4 Å². The largest absolute Gasteiger partial charge is 0.469 e. The summed E-state index contributed by atoms with van der Waals surface area (Å²) in [6, 6.07) is 9.49. The molecule has 0 radical (unpaired) electrons. The number of carbonyl (C=O) groups is 2. The second-order valence-corrected chi connectivity index (χ2v) is 5.25. The summed E-state index contributed by atoms with van der Waals surface area (Å²) in [6.45, 7) is 3.87. The van der Waals surface area contributed by atoms with Gasteiger partial charge in [-0.15, -0.1) is 0 Å². The summed E-state index contributed by atoms with van der Waals surface area (Å²) in [5.74, 6) is -1.33. The average molecular weight is 309 g/mol.